The van der Waals surface area contributed by atoms with Crippen molar-refractivity contribution in [2.45, 2.75) is 13.0 Å². The molecule has 0 aromatic carbocycles. The van der Waals surface area contributed by atoms with Crippen LogP contribution in [0, 0.1) is 10.1 Å². The number of hydrogen-bond acceptors (Lipinski definition) is 7. The summed E-state index contributed by atoms with van der Waals surface area (Å²) >= 11 is 1.37. The Kier molecular flexibility index (Phi) is 4.61. The van der Waals surface area contributed by atoms with Gasteiger partial charge in [0, 0.05) is 0 Å². The van der Waals surface area contributed by atoms with E-state index in [0.29, 0.717) is 4.88 Å². The van der Waals surface area contributed by atoms with Gasteiger partial charge in [-0.05, 0) is 16.4 Å². The fourth-order valence-corrected chi connectivity index (χ4v) is 2.01. The second kappa shape index (κ2) is 6.61. The van der Waals surface area contributed by atoms with Crippen LogP contribution in [0.4, 0.5) is 5.82 Å². The van der Waals surface area contributed by atoms with Crippen LogP contribution in [0.3, 0.4) is 0 Å². The molecule has 21 heavy (non-hydrogen) atoms. The van der Waals surface area contributed by atoms with Crippen LogP contribution in [0.1, 0.15) is 11.3 Å². The zero-order chi connectivity index (χ0) is 15.2. The first-order valence-corrected chi connectivity index (χ1v) is 6.69. The number of oxime groups is 1. The molecule has 9 nitrogen and oxygen atoms in total. The Hall–Kier alpha value is -2.75. The van der Waals surface area contributed by atoms with Gasteiger partial charge in [-0.1, -0.05) is 11.2 Å². The summed E-state index contributed by atoms with van der Waals surface area (Å²) in [6, 6.07) is 4.80. The molecule has 2 heterocycles. The predicted octanol–water partition coefficient (Wildman–Crippen LogP) is 1.11. The predicted molar refractivity (Wildman–Crippen MR) is 74.6 cm³/mol. The molecule has 2 aromatic rings. The molecular formula is C11H11N5O4S. The van der Waals surface area contributed by atoms with Crippen LogP contribution in [0.5, 0.6) is 0 Å². The first-order valence-electron chi connectivity index (χ1n) is 5.81. The van der Waals surface area contributed by atoms with Crippen molar-refractivity contribution in [1.29, 1.82) is 0 Å². The van der Waals surface area contributed by atoms with Gasteiger partial charge in [-0.3, -0.25) is 0 Å². The molecular weight excluding hydrogens is 298 g/mol. The van der Waals surface area contributed by atoms with Gasteiger partial charge in [-0.15, -0.1) is 11.3 Å². The fraction of sp³-hybridized carbons (Fsp3) is 0.182. The van der Waals surface area contributed by atoms with Crippen molar-refractivity contribution in [3.63, 3.8) is 0 Å². The highest BCUT2D eigenvalue weighted by molar-refractivity contribution is 7.12. The monoisotopic (exact) mass is 309 g/mol. The first kappa shape index (κ1) is 14.7. The maximum Gasteiger partial charge on any atom is 0.389 e. The first-order chi connectivity index (χ1) is 10.1. The lowest BCUT2D eigenvalue weighted by atomic mass is 10.4. The molecule has 0 bridgehead atoms. The zero-order valence-corrected chi connectivity index (χ0v) is 11.5. The summed E-state index contributed by atoms with van der Waals surface area (Å²) in [5, 5.41) is 19.5. The Morgan fingerprint density at radius 1 is 1.57 bits per heavy atom. The Morgan fingerprint density at radius 2 is 2.38 bits per heavy atom. The normalized spacial score (nSPS) is 11.3. The summed E-state index contributed by atoms with van der Waals surface area (Å²) in [5.41, 5.74) is 5.62. The van der Waals surface area contributed by atoms with E-state index in [1.165, 1.54) is 28.3 Å². The smallest absolute Gasteiger partial charge is 0.380 e. The van der Waals surface area contributed by atoms with E-state index in [9.17, 15) is 14.9 Å². The molecule has 0 amide bonds. The van der Waals surface area contributed by atoms with Crippen LogP contribution in [0.2, 0.25) is 0 Å². The molecule has 0 unspecified atom stereocenters. The minimum Gasteiger partial charge on any atom is -0.380 e. The molecule has 110 valence electrons. The molecule has 0 fully saturated rings. The molecule has 2 aromatic heterocycles. The van der Waals surface area contributed by atoms with E-state index in [2.05, 4.69) is 15.1 Å². The molecule has 0 atom stereocenters. The van der Waals surface area contributed by atoms with Gasteiger partial charge in [0.25, 0.3) is 0 Å². The second-order valence-corrected chi connectivity index (χ2v) is 4.81. The van der Waals surface area contributed by atoms with Crippen molar-refractivity contribution in [3.05, 3.63) is 44.8 Å². The molecule has 0 spiro atoms. The van der Waals surface area contributed by atoms with Crippen LogP contribution in [-0.4, -0.2) is 26.5 Å². The van der Waals surface area contributed by atoms with E-state index in [1.54, 1.807) is 12.1 Å². The van der Waals surface area contributed by atoms with Crippen LogP contribution in [-0.2, 0) is 16.2 Å². The largest absolute Gasteiger partial charge is 0.389 e. The van der Waals surface area contributed by atoms with Gasteiger partial charge in [0.15, 0.2) is 5.84 Å². The minimum atomic E-state index is -0.610. The molecule has 0 radical (unpaired) electrons. The van der Waals surface area contributed by atoms with Gasteiger partial charge in [-0.2, -0.15) is 4.68 Å². The van der Waals surface area contributed by atoms with Gasteiger partial charge >= 0.3 is 11.8 Å². The van der Waals surface area contributed by atoms with Gasteiger partial charge in [0.05, 0.1) is 35.2 Å². The van der Waals surface area contributed by atoms with Gasteiger partial charge < -0.3 is 20.7 Å². The molecule has 0 saturated carbocycles. The number of carbonyl (C=O) groups is 1. The third kappa shape index (κ3) is 4.11. The highest BCUT2D eigenvalue weighted by Gasteiger charge is 2.12. The minimum absolute atomic E-state index is 0.0277. The Bertz CT molecular complexity index is 664. The van der Waals surface area contributed by atoms with E-state index < -0.39 is 10.9 Å². The summed E-state index contributed by atoms with van der Waals surface area (Å²) < 4.78 is 1.28. The number of nitro groups is 1. The molecule has 2 rings (SSSR count). The summed E-state index contributed by atoms with van der Waals surface area (Å²) in [6.07, 6.45) is 1.38. The Balaban J connectivity index is 1.82. The number of nitrogens with two attached hydrogens (primary N) is 1. The lowest BCUT2D eigenvalue weighted by molar-refractivity contribution is -0.389. The average Bonchev–Trinajstić information content (AvgIpc) is 3.13. The van der Waals surface area contributed by atoms with Crippen molar-refractivity contribution in [3.8, 4) is 0 Å². The second-order valence-electron chi connectivity index (χ2n) is 3.86. The molecule has 10 heteroatoms. The Morgan fingerprint density at radius 3 is 3.00 bits per heavy atom. The van der Waals surface area contributed by atoms with E-state index in [1.807, 2.05) is 5.38 Å². The van der Waals surface area contributed by atoms with E-state index in [0.717, 1.165) is 0 Å². The zero-order valence-electron chi connectivity index (χ0n) is 10.7. The SMILES string of the molecule is N/C(=N\OC(=O)CCn1ccc([N+](=O)[O-])n1)c1cccs1. The maximum atomic E-state index is 11.5. The highest BCUT2D eigenvalue weighted by atomic mass is 32.1. The molecule has 0 aliphatic rings. The number of carbonyl (C=O) groups excluding carboxylic acids is 1. The highest BCUT2D eigenvalue weighted by Crippen LogP contribution is 2.08. The van der Waals surface area contributed by atoms with Crippen LogP contribution in [0.25, 0.3) is 0 Å². The lowest BCUT2D eigenvalue weighted by Gasteiger charge is -1.98. The van der Waals surface area contributed by atoms with Crippen LogP contribution in [0.15, 0.2) is 34.9 Å². The quantitative estimate of drug-likeness (QED) is 0.280. The lowest BCUT2D eigenvalue weighted by Crippen LogP contribution is -2.14. The topological polar surface area (TPSA) is 126 Å². The number of nitrogens with zero attached hydrogens (tertiary/aromatic N) is 4. The number of aryl methyl sites for hydroxylation is 1. The van der Waals surface area contributed by atoms with Gasteiger partial charge in [-0.25, -0.2) is 4.79 Å². The summed E-state index contributed by atoms with van der Waals surface area (Å²) in [5.74, 6) is -0.760. The molecule has 0 aliphatic heterocycles. The van der Waals surface area contributed by atoms with Crippen molar-refractivity contribution in [2.24, 2.45) is 10.9 Å². The van der Waals surface area contributed by atoms with Gasteiger partial charge in [0.2, 0.25) is 0 Å². The summed E-state index contributed by atoms with van der Waals surface area (Å²) in [6.45, 7) is 0.154. The van der Waals surface area contributed by atoms with Crippen molar-refractivity contribution in [1.82, 2.24) is 9.78 Å². The molecule has 0 aliphatic carbocycles. The van der Waals surface area contributed by atoms with Gasteiger partial charge in [0.1, 0.15) is 0 Å². The van der Waals surface area contributed by atoms with Crippen molar-refractivity contribution >= 4 is 29.0 Å². The third-order valence-corrected chi connectivity index (χ3v) is 3.27. The maximum absolute atomic E-state index is 11.5. The van der Waals surface area contributed by atoms with Crippen LogP contribution >= 0.6 is 11.3 Å². The van der Waals surface area contributed by atoms with Crippen molar-refractivity contribution < 1.29 is 14.6 Å². The number of thiophene rings is 1. The summed E-state index contributed by atoms with van der Waals surface area (Å²) in [4.78, 5) is 26.7. The van der Waals surface area contributed by atoms with Crippen molar-refractivity contribution in [2.75, 3.05) is 0 Å². The number of aromatic nitrogens is 2. The van der Waals surface area contributed by atoms with E-state index in [4.69, 9.17) is 5.73 Å². The van der Waals surface area contributed by atoms with Crippen LogP contribution < -0.4 is 5.73 Å². The van der Waals surface area contributed by atoms with E-state index in [-0.39, 0.29) is 24.6 Å². The van der Waals surface area contributed by atoms with E-state index >= 15 is 0 Å². The number of hydrogen-bond donors (Lipinski definition) is 1. The molecule has 2 N–H and O–H groups in total. The molecule has 0 saturated heterocycles. The third-order valence-electron chi connectivity index (χ3n) is 2.38. The standard InChI is InChI=1S/C11H11N5O4S/c12-11(8-2-1-7-21-8)14-20-10(17)4-6-15-5-3-9(13-15)16(18)19/h1-3,5,7H,4,6H2,(H2,12,14). The Labute approximate surface area is 122 Å². The summed E-state index contributed by atoms with van der Waals surface area (Å²) in [7, 11) is 0. The average molecular weight is 309 g/mol. The number of rotatable bonds is 6. The number of amidine groups is 1. The fourth-order valence-electron chi connectivity index (χ4n) is 1.39.